The Balaban J connectivity index is 3.09. The summed E-state index contributed by atoms with van der Waals surface area (Å²) < 4.78 is 169. The maximum Gasteiger partial charge on any atom is 0.460 e. The normalized spacial score (nSPS) is 15.0. The van der Waals surface area contributed by atoms with Crippen molar-refractivity contribution < 1.29 is 57.1 Å². The van der Waals surface area contributed by atoms with Crippen LogP contribution in [-0.2, 0) is 6.42 Å². The van der Waals surface area contributed by atoms with Gasteiger partial charge >= 0.3 is 35.8 Å². The smallest absolute Gasteiger partial charge is 0.200 e. The molecule has 29 heavy (non-hydrogen) atoms. The third kappa shape index (κ3) is 4.55. The fourth-order valence-corrected chi connectivity index (χ4v) is 2.48. The van der Waals surface area contributed by atoms with Crippen LogP contribution in [-0.4, -0.2) is 35.8 Å². The Kier molecular flexibility index (Phi) is 7.14. The van der Waals surface area contributed by atoms with E-state index in [0.29, 0.717) is 3.57 Å². The SMILES string of the molecule is FC(F)(F)C(F)(F)C(F)(F)C(F)(F)C(F)(F)C(F)(F)CCCc1ccc(I)cc1. The lowest BCUT2D eigenvalue weighted by Gasteiger charge is -2.39. The quantitative estimate of drug-likeness (QED) is 0.229. The first kappa shape index (κ1) is 26.1. The highest BCUT2D eigenvalue weighted by atomic mass is 127. The van der Waals surface area contributed by atoms with Gasteiger partial charge in [0.1, 0.15) is 0 Å². The molecule has 0 aliphatic rings. The van der Waals surface area contributed by atoms with E-state index in [4.69, 9.17) is 0 Å². The van der Waals surface area contributed by atoms with Gasteiger partial charge in [0, 0.05) is 9.99 Å². The molecule has 168 valence electrons. The first-order valence-corrected chi connectivity index (χ1v) is 8.50. The third-order valence-electron chi connectivity index (χ3n) is 3.87. The molecule has 0 saturated carbocycles. The molecule has 0 unspecified atom stereocenters. The van der Waals surface area contributed by atoms with Gasteiger partial charge < -0.3 is 0 Å². The standard InChI is InChI=1S/C15H10F13I/c16-10(17,7-1-2-8-3-5-9(29)6-4-8)11(18,19)12(20,21)13(22,23)14(24,25)15(26,27)28/h3-6H,1-2,7H2. The van der Waals surface area contributed by atoms with Crippen molar-refractivity contribution in [2.24, 2.45) is 0 Å². The number of benzene rings is 1. The van der Waals surface area contributed by atoms with Gasteiger partial charge in [-0.2, -0.15) is 57.1 Å². The van der Waals surface area contributed by atoms with Gasteiger partial charge in [-0.1, -0.05) is 12.1 Å². The van der Waals surface area contributed by atoms with Gasteiger partial charge in [0.15, 0.2) is 0 Å². The third-order valence-corrected chi connectivity index (χ3v) is 4.59. The molecule has 0 spiro atoms. The Hall–Kier alpha value is -0.960. The van der Waals surface area contributed by atoms with E-state index in [2.05, 4.69) is 0 Å². The maximum atomic E-state index is 13.6. The summed E-state index contributed by atoms with van der Waals surface area (Å²) in [6.07, 6.45) is -10.9. The summed E-state index contributed by atoms with van der Waals surface area (Å²) in [5.41, 5.74) is 0.283. The molecular formula is C15H10F13I. The molecule has 1 rings (SSSR count). The van der Waals surface area contributed by atoms with E-state index in [-0.39, 0.29) is 5.56 Å². The lowest BCUT2D eigenvalue weighted by Crippen LogP contribution is -2.70. The second kappa shape index (κ2) is 7.94. The predicted octanol–water partition coefficient (Wildman–Crippen LogP) is 7.35. The minimum Gasteiger partial charge on any atom is -0.200 e. The molecule has 0 radical (unpaired) electrons. The van der Waals surface area contributed by atoms with Crippen molar-refractivity contribution in [3.05, 3.63) is 33.4 Å². The fraction of sp³-hybridized carbons (Fsp3) is 0.600. The topological polar surface area (TPSA) is 0 Å². The minimum absolute atomic E-state index is 0.283. The largest absolute Gasteiger partial charge is 0.460 e. The molecule has 0 N–H and O–H groups in total. The van der Waals surface area contributed by atoms with E-state index < -0.39 is 55.1 Å². The molecule has 0 aliphatic heterocycles. The first-order chi connectivity index (χ1) is 12.7. The molecule has 0 aliphatic carbocycles. The fourth-order valence-electron chi connectivity index (χ4n) is 2.12. The van der Waals surface area contributed by atoms with Gasteiger partial charge in [0.2, 0.25) is 0 Å². The Morgan fingerprint density at radius 3 is 1.41 bits per heavy atom. The molecule has 0 fully saturated rings. The zero-order valence-electron chi connectivity index (χ0n) is 13.7. The molecule has 14 heteroatoms. The average molecular weight is 564 g/mol. The lowest BCUT2D eigenvalue weighted by molar-refractivity contribution is -0.440. The molecule has 1 aromatic carbocycles. The molecule has 1 aromatic rings. The van der Waals surface area contributed by atoms with Crippen LogP contribution in [0.15, 0.2) is 24.3 Å². The van der Waals surface area contributed by atoms with Gasteiger partial charge in [-0.3, -0.25) is 0 Å². The summed E-state index contributed by atoms with van der Waals surface area (Å²) in [5.74, 6) is -36.5. The van der Waals surface area contributed by atoms with Crippen molar-refractivity contribution in [2.75, 3.05) is 0 Å². The van der Waals surface area contributed by atoms with Crippen LogP contribution in [0.25, 0.3) is 0 Å². The number of halogens is 14. The summed E-state index contributed by atoms with van der Waals surface area (Å²) >= 11 is 1.87. The molecule has 0 atom stereocenters. The summed E-state index contributed by atoms with van der Waals surface area (Å²) in [6.45, 7) is 0. The van der Waals surface area contributed by atoms with Crippen LogP contribution in [0.2, 0.25) is 0 Å². The molecular weight excluding hydrogens is 554 g/mol. The highest BCUT2D eigenvalue weighted by Crippen LogP contribution is 2.60. The van der Waals surface area contributed by atoms with Gasteiger partial charge in [0.25, 0.3) is 0 Å². The zero-order valence-corrected chi connectivity index (χ0v) is 15.9. The highest BCUT2D eigenvalue weighted by Gasteiger charge is 2.90. The van der Waals surface area contributed by atoms with Crippen LogP contribution in [0.1, 0.15) is 18.4 Å². The molecule has 0 nitrogen and oxygen atoms in total. The summed E-state index contributed by atoms with van der Waals surface area (Å²) in [6, 6.07) is 5.70. The van der Waals surface area contributed by atoms with Crippen molar-refractivity contribution in [1.29, 1.82) is 0 Å². The summed E-state index contributed by atoms with van der Waals surface area (Å²) in [4.78, 5) is 0. The van der Waals surface area contributed by atoms with Crippen LogP contribution in [0.3, 0.4) is 0 Å². The Labute approximate surface area is 168 Å². The monoisotopic (exact) mass is 564 g/mol. The highest BCUT2D eigenvalue weighted by molar-refractivity contribution is 14.1. The maximum absolute atomic E-state index is 13.6. The molecule has 0 bridgehead atoms. The Morgan fingerprint density at radius 2 is 1.00 bits per heavy atom. The van der Waals surface area contributed by atoms with Gasteiger partial charge in [-0.25, -0.2) is 0 Å². The minimum atomic E-state index is -7.85. The van der Waals surface area contributed by atoms with E-state index in [1.54, 1.807) is 0 Å². The van der Waals surface area contributed by atoms with Gasteiger partial charge in [0.05, 0.1) is 0 Å². The van der Waals surface area contributed by atoms with Crippen molar-refractivity contribution >= 4 is 22.6 Å². The van der Waals surface area contributed by atoms with Crippen molar-refractivity contribution in [1.82, 2.24) is 0 Å². The van der Waals surface area contributed by atoms with Crippen molar-refractivity contribution in [2.45, 2.75) is 55.1 Å². The molecule has 0 heterocycles. The number of hydrogen-bond donors (Lipinski definition) is 0. The van der Waals surface area contributed by atoms with Crippen LogP contribution >= 0.6 is 22.6 Å². The Morgan fingerprint density at radius 1 is 0.586 bits per heavy atom. The number of aryl methyl sites for hydroxylation is 1. The van der Waals surface area contributed by atoms with Crippen LogP contribution < -0.4 is 0 Å². The van der Waals surface area contributed by atoms with E-state index >= 15 is 0 Å². The number of alkyl halides is 13. The molecule has 0 amide bonds. The van der Waals surface area contributed by atoms with Crippen LogP contribution in [0, 0.1) is 3.57 Å². The average Bonchev–Trinajstić information content (AvgIpc) is 2.54. The van der Waals surface area contributed by atoms with E-state index in [1.807, 2.05) is 22.6 Å². The summed E-state index contributed by atoms with van der Waals surface area (Å²) in [7, 11) is 0. The van der Waals surface area contributed by atoms with E-state index in [1.165, 1.54) is 24.3 Å². The predicted molar refractivity (Wildman–Crippen MR) is 82.9 cm³/mol. The summed E-state index contributed by atoms with van der Waals surface area (Å²) in [5, 5.41) is 0. The Bertz CT molecular complexity index is 691. The van der Waals surface area contributed by atoms with Gasteiger partial charge in [-0.15, -0.1) is 0 Å². The van der Waals surface area contributed by atoms with E-state index in [9.17, 15) is 57.1 Å². The molecule has 0 saturated heterocycles. The second-order valence-corrected chi connectivity index (χ2v) is 7.23. The van der Waals surface area contributed by atoms with Gasteiger partial charge in [-0.05, 0) is 53.1 Å². The van der Waals surface area contributed by atoms with Crippen LogP contribution in [0.5, 0.6) is 0 Å². The second-order valence-electron chi connectivity index (χ2n) is 5.98. The van der Waals surface area contributed by atoms with Crippen LogP contribution in [0.4, 0.5) is 57.1 Å². The van der Waals surface area contributed by atoms with Crippen molar-refractivity contribution in [3.8, 4) is 0 Å². The zero-order chi connectivity index (χ0) is 23.1. The number of rotatable bonds is 8. The molecule has 0 aromatic heterocycles. The lowest BCUT2D eigenvalue weighted by atomic mass is 9.91. The first-order valence-electron chi connectivity index (χ1n) is 7.42. The number of hydrogen-bond acceptors (Lipinski definition) is 0. The van der Waals surface area contributed by atoms with E-state index in [0.717, 1.165) is 0 Å². The van der Waals surface area contributed by atoms with Crippen molar-refractivity contribution in [3.63, 3.8) is 0 Å².